The molecule has 0 bridgehead atoms. The molecule has 0 radical (unpaired) electrons. The molecular weight excluding hydrogens is 524 g/mol. The summed E-state index contributed by atoms with van der Waals surface area (Å²) < 4.78 is 5.36. The van der Waals surface area contributed by atoms with Crippen LogP contribution in [0.3, 0.4) is 0 Å². The zero-order chi connectivity index (χ0) is 28.3. The Morgan fingerprint density at radius 2 is 1.48 bits per heavy atom. The lowest BCUT2D eigenvalue weighted by Gasteiger charge is -2.18. The first-order valence-electron chi connectivity index (χ1n) is 13.0. The smallest absolute Gasteiger partial charge is 0.408 e. The van der Waals surface area contributed by atoms with E-state index in [1.807, 2.05) is 98.8 Å². The molecule has 0 aliphatic rings. The van der Waals surface area contributed by atoms with Gasteiger partial charge < -0.3 is 10.1 Å². The van der Waals surface area contributed by atoms with Crippen LogP contribution < -0.4 is 16.2 Å². The number of thiazole rings is 1. The maximum absolute atomic E-state index is 12.6. The van der Waals surface area contributed by atoms with Crippen molar-refractivity contribution < 1.29 is 19.1 Å². The Kier molecular flexibility index (Phi) is 10.0. The standard InChI is InChI=1S/C31H32N4O4S/c1-21(2)17-26(33-31(38)39-19-23-9-5-3-6-10-23)30-32-27(20-40-30)29(37)35-34-28(36)18-22-13-15-25(16-14-22)24-11-7-4-8-12-24/h3-16,20-21,26H,17-19H2,1-2H3,(H,33,38)(H,34,36)(H,35,37)/t26-/m0/s1. The Balaban J connectivity index is 1.28. The third kappa shape index (κ3) is 8.51. The number of benzene rings is 3. The van der Waals surface area contributed by atoms with Gasteiger partial charge in [-0.25, -0.2) is 9.78 Å². The number of ether oxygens (including phenoxy) is 1. The Hall–Kier alpha value is -4.50. The molecule has 206 valence electrons. The van der Waals surface area contributed by atoms with Gasteiger partial charge in [-0.05, 0) is 34.6 Å². The van der Waals surface area contributed by atoms with Crippen molar-refractivity contribution in [2.24, 2.45) is 5.92 Å². The van der Waals surface area contributed by atoms with E-state index in [0.717, 1.165) is 22.3 Å². The van der Waals surface area contributed by atoms with Crippen molar-refractivity contribution in [3.05, 3.63) is 112 Å². The Morgan fingerprint density at radius 3 is 2.15 bits per heavy atom. The van der Waals surface area contributed by atoms with Gasteiger partial charge in [0, 0.05) is 5.38 Å². The van der Waals surface area contributed by atoms with E-state index in [9.17, 15) is 14.4 Å². The quantitative estimate of drug-likeness (QED) is 0.213. The largest absolute Gasteiger partial charge is 0.445 e. The second-order valence-electron chi connectivity index (χ2n) is 9.70. The van der Waals surface area contributed by atoms with Crippen molar-refractivity contribution in [3.8, 4) is 11.1 Å². The van der Waals surface area contributed by atoms with Crippen molar-refractivity contribution in [2.75, 3.05) is 0 Å². The molecule has 1 heterocycles. The maximum Gasteiger partial charge on any atom is 0.408 e. The second kappa shape index (κ2) is 14.0. The van der Waals surface area contributed by atoms with Gasteiger partial charge in [0.05, 0.1) is 12.5 Å². The average Bonchev–Trinajstić information content (AvgIpc) is 3.46. The molecule has 0 aliphatic carbocycles. The van der Waals surface area contributed by atoms with E-state index in [1.54, 1.807) is 5.38 Å². The van der Waals surface area contributed by atoms with E-state index in [4.69, 9.17) is 4.74 Å². The summed E-state index contributed by atoms with van der Waals surface area (Å²) in [4.78, 5) is 41.9. The highest BCUT2D eigenvalue weighted by molar-refractivity contribution is 7.09. The summed E-state index contributed by atoms with van der Waals surface area (Å²) in [6, 6.07) is 26.7. The zero-order valence-electron chi connectivity index (χ0n) is 22.4. The van der Waals surface area contributed by atoms with Crippen LogP contribution in [-0.2, 0) is 22.6 Å². The van der Waals surface area contributed by atoms with Gasteiger partial charge in [0.25, 0.3) is 5.91 Å². The van der Waals surface area contributed by atoms with E-state index in [0.29, 0.717) is 11.4 Å². The number of carbonyl (C=O) groups is 3. The summed E-state index contributed by atoms with van der Waals surface area (Å²) in [5.41, 5.74) is 8.90. The number of hydrogen-bond acceptors (Lipinski definition) is 6. The molecule has 0 saturated carbocycles. The molecule has 0 saturated heterocycles. The summed E-state index contributed by atoms with van der Waals surface area (Å²) in [5, 5.41) is 5.05. The fourth-order valence-corrected chi connectivity index (χ4v) is 4.88. The molecule has 1 atom stereocenters. The molecule has 3 aromatic carbocycles. The minimum Gasteiger partial charge on any atom is -0.445 e. The number of rotatable bonds is 10. The van der Waals surface area contributed by atoms with Crippen molar-refractivity contribution in [1.82, 2.24) is 21.2 Å². The molecular formula is C31H32N4O4S. The van der Waals surface area contributed by atoms with Gasteiger partial charge in [-0.2, -0.15) is 0 Å². The molecule has 40 heavy (non-hydrogen) atoms. The van der Waals surface area contributed by atoms with Crippen LogP contribution in [0.4, 0.5) is 4.79 Å². The van der Waals surface area contributed by atoms with Crippen molar-refractivity contribution in [2.45, 2.75) is 39.3 Å². The molecule has 0 spiro atoms. The number of aromatic nitrogens is 1. The summed E-state index contributed by atoms with van der Waals surface area (Å²) in [6.07, 6.45) is 0.178. The van der Waals surface area contributed by atoms with Crippen LogP contribution in [0.2, 0.25) is 0 Å². The van der Waals surface area contributed by atoms with Gasteiger partial charge in [-0.1, -0.05) is 98.8 Å². The Bertz CT molecular complexity index is 1410. The molecule has 0 fully saturated rings. The van der Waals surface area contributed by atoms with Crippen LogP contribution in [0, 0.1) is 5.92 Å². The van der Waals surface area contributed by atoms with Crippen LogP contribution in [0.25, 0.3) is 11.1 Å². The third-order valence-corrected chi connectivity index (χ3v) is 6.96. The SMILES string of the molecule is CC(C)C[C@H](NC(=O)OCc1ccccc1)c1nc(C(=O)NNC(=O)Cc2ccc(-c3ccccc3)cc2)cs1. The molecule has 3 N–H and O–H groups in total. The first-order valence-corrected chi connectivity index (χ1v) is 13.9. The second-order valence-corrected chi connectivity index (χ2v) is 10.6. The predicted octanol–water partition coefficient (Wildman–Crippen LogP) is 5.83. The maximum atomic E-state index is 12.6. The minimum absolute atomic E-state index is 0.114. The number of carbonyl (C=O) groups excluding carboxylic acids is 3. The van der Waals surface area contributed by atoms with E-state index < -0.39 is 18.0 Å². The van der Waals surface area contributed by atoms with Crippen molar-refractivity contribution in [1.29, 1.82) is 0 Å². The van der Waals surface area contributed by atoms with Gasteiger partial charge in [0.15, 0.2) is 0 Å². The van der Waals surface area contributed by atoms with Crippen LogP contribution >= 0.6 is 11.3 Å². The van der Waals surface area contributed by atoms with E-state index in [-0.39, 0.29) is 30.5 Å². The minimum atomic E-state index is -0.556. The molecule has 4 rings (SSSR count). The summed E-state index contributed by atoms with van der Waals surface area (Å²) in [6.45, 7) is 4.23. The van der Waals surface area contributed by atoms with Gasteiger partial charge in [-0.15, -0.1) is 11.3 Å². The Morgan fingerprint density at radius 1 is 0.825 bits per heavy atom. The van der Waals surface area contributed by atoms with Gasteiger partial charge >= 0.3 is 6.09 Å². The van der Waals surface area contributed by atoms with Gasteiger partial charge in [-0.3, -0.25) is 20.4 Å². The van der Waals surface area contributed by atoms with Crippen LogP contribution in [0.5, 0.6) is 0 Å². The highest BCUT2D eigenvalue weighted by atomic mass is 32.1. The average molecular weight is 557 g/mol. The number of nitrogens with zero attached hydrogens (tertiary/aromatic N) is 1. The topological polar surface area (TPSA) is 109 Å². The van der Waals surface area contributed by atoms with Crippen molar-refractivity contribution >= 4 is 29.2 Å². The normalized spacial score (nSPS) is 11.5. The fourth-order valence-electron chi connectivity index (χ4n) is 4.02. The lowest BCUT2D eigenvalue weighted by molar-refractivity contribution is -0.121. The van der Waals surface area contributed by atoms with E-state index in [1.165, 1.54) is 11.3 Å². The number of nitrogens with one attached hydrogen (secondary N) is 3. The number of alkyl carbamates (subject to hydrolysis) is 1. The third-order valence-electron chi connectivity index (χ3n) is 6.01. The first kappa shape index (κ1) is 28.5. The zero-order valence-corrected chi connectivity index (χ0v) is 23.2. The molecule has 4 aromatic rings. The lowest BCUT2D eigenvalue weighted by atomic mass is 10.0. The summed E-state index contributed by atoms with van der Waals surface area (Å²) in [7, 11) is 0. The molecule has 3 amide bonds. The van der Waals surface area contributed by atoms with Crippen molar-refractivity contribution in [3.63, 3.8) is 0 Å². The highest BCUT2D eigenvalue weighted by Crippen LogP contribution is 2.25. The molecule has 9 heteroatoms. The van der Waals surface area contributed by atoms with Gasteiger partial charge in [0.2, 0.25) is 5.91 Å². The molecule has 0 unspecified atom stereocenters. The van der Waals surface area contributed by atoms with Crippen LogP contribution in [-0.4, -0.2) is 22.9 Å². The monoisotopic (exact) mass is 556 g/mol. The number of hydrogen-bond donors (Lipinski definition) is 3. The predicted molar refractivity (Wildman–Crippen MR) is 155 cm³/mol. The summed E-state index contributed by atoms with van der Waals surface area (Å²) >= 11 is 1.27. The highest BCUT2D eigenvalue weighted by Gasteiger charge is 2.22. The number of amides is 3. The van der Waals surface area contributed by atoms with Crippen LogP contribution in [0.15, 0.2) is 90.3 Å². The van der Waals surface area contributed by atoms with Gasteiger partial charge in [0.1, 0.15) is 17.3 Å². The first-order chi connectivity index (χ1) is 19.4. The molecule has 0 aliphatic heterocycles. The fraction of sp³-hybridized carbons (Fsp3) is 0.226. The number of hydrazine groups is 1. The summed E-state index contributed by atoms with van der Waals surface area (Å²) in [5.74, 6) is -0.622. The molecule has 8 nitrogen and oxygen atoms in total. The lowest BCUT2D eigenvalue weighted by Crippen LogP contribution is -2.42. The van der Waals surface area contributed by atoms with E-state index >= 15 is 0 Å². The molecule has 1 aromatic heterocycles. The van der Waals surface area contributed by atoms with E-state index in [2.05, 4.69) is 21.2 Å². The Labute approximate surface area is 237 Å². The van der Waals surface area contributed by atoms with Crippen LogP contribution in [0.1, 0.15) is 52.9 Å².